The summed E-state index contributed by atoms with van der Waals surface area (Å²) in [5.41, 5.74) is 1.66. The molecule has 4 rings (SSSR count). The topological polar surface area (TPSA) is 72.7 Å². The molecule has 2 aromatic heterocycles. The molecule has 132 valence electrons. The highest BCUT2D eigenvalue weighted by Gasteiger charge is 2.30. The van der Waals surface area contributed by atoms with Gasteiger partial charge in [0.25, 0.3) is 0 Å². The Labute approximate surface area is 160 Å². The lowest BCUT2D eigenvalue weighted by Gasteiger charge is -2.09. The van der Waals surface area contributed by atoms with Gasteiger partial charge in [0.1, 0.15) is 0 Å². The highest BCUT2D eigenvalue weighted by molar-refractivity contribution is 7.99. The third-order valence-electron chi connectivity index (χ3n) is 3.96. The van der Waals surface area contributed by atoms with Crippen molar-refractivity contribution in [1.29, 1.82) is 0 Å². The van der Waals surface area contributed by atoms with Crippen LogP contribution in [0.5, 0.6) is 0 Å². The molecule has 0 aliphatic heterocycles. The molecule has 26 heavy (non-hydrogen) atoms. The number of amides is 1. The first-order valence-corrected chi connectivity index (χ1v) is 9.60. The van der Waals surface area contributed by atoms with Gasteiger partial charge in [0.2, 0.25) is 5.91 Å². The number of thioether (sulfide) groups is 1. The molecule has 1 amide bonds. The van der Waals surface area contributed by atoms with Gasteiger partial charge in [0.05, 0.1) is 5.75 Å². The van der Waals surface area contributed by atoms with E-state index in [0.29, 0.717) is 11.1 Å². The van der Waals surface area contributed by atoms with Crippen molar-refractivity contribution in [2.45, 2.75) is 24.0 Å². The Morgan fingerprint density at radius 2 is 2.04 bits per heavy atom. The SMILES string of the molecule is O=C(CSc1nnc(-c2cccnc2)n1C1CC1)Nc1ccc(Cl)cc1. The highest BCUT2D eigenvalue weighted by atomic mass is 35.5. The number of nitrogens with one attached hydrogen (secondary N) is 1. The lowest BCUT2D eigenvalue weighted by atomic mass is 10.3. The summed E-state index contributed by atoms with van der Waals surface area (Å²) < 4.78 is 2.12. The van der Waals surface area contributed by atoms with Gasteiger partial charge in [-0.25, -0.2) is 0 Å². The summed E-state index contributed by atoms with van der Waals surface area (Å²) in [6.07, 6.45) is 5.73. The standard InChI is InChI=1S/C18H16ClN5OS/c19-13-3-5-14(6-4-13)21-16(25)11-26-18-23-22-17(24(18)15-7-8-15)12-2-1-9-20-10-12/h1-6,9-10,15H,7-8,11H2,(H,21,25). The molecule has 0 unspecified atom stereocenters. The minimum Gasteiger partial charge on any atom is -0.325 e. The second kappa shape index (κ2) is 7.47. The maximum Gasteiger partial charge on any atom is 0.234 e. The number of anilines is 1. The van der Waals surface area contributed by atoms with Crippen molar-refractivity contribution in [3.05, 3.63) is 53.8 Å². The molecule has 6 nitrogen and oxygen atoms in total. The van der Waals surface area contributed by atoms with Gasteiger partial charge in [0.15, 0.2) is 11.0 Å². The maximum absolute atomic E-state index is 12.2. The molecule has 0 atom stereocenters. The maximum atomic E-state index is 12.2. The normalized spacial score (nSPS) is 13.6. The van der Waals surface area contributed by atoms with Gasteiger partial charge in [0, 0.05) is 34.7 Å². The molecule has 1 saturated carbocycles. The van der Waals surface area contributed by atoms with E-state index in [1.807, 2.05) is 12.1 Å². The minimum absolute atomic E-state index is 0.0920. The lowest BCUT2D eigenvalue weighted by Crippen LogP contribution is -2.14. The largest absolute Gasteiger partial charge is 0.325 e. The first kappa shape index (κ1) is 17.1. The van der Waals surface area contributed by atoms with Crippen LogP contribution in [0.25, 0.3) is 11.4 Å². The fourth-order valence-electron chi connectivity index (χ4n) is 2.59. The first-order valence-electron chi connectivity index (χ1n) is 8.24. The van der Waals surface area contributed by atoms with E-state index < -0.39 is 0 Å². The predicted molar refractivity (Wildman–Crippen MR) is 102 cm³/mol. The van der Waals surface area contributed by atoms with Gasteiger partial charge >= 0.3 is 0 Å². The summed E-state index contributed by atoms with van der Waals surface area (Å²) in [4.78, 5) is 16.4. The Balaban J connectivity index is 1.46. The van der Waals surface area contributed by atoms with E-state index in [0.717, 1.165) is 35.1 Å². The summed E-state index contributed by atoms with van der Waals surface area (Å²) in [6, 6.07) is 11.3. The van der Waals surface area contributed by atoms with Crippen LogP contribution in [0.2, 0.25) is 5.02 Å². The van der Waals surface area contributed by atoms with Gasteiger partial charge < -0.3 is 5.32 Å². The Kier molecular flexibility index (Phi) is 4.90. The van der Waals surface area contributed by atoms with Gasteiger partial charge in [-0.05, 0) is 49.2 Å². The van der Waals surface area contributed by atoms with Crippen LogP contribution in [0, 0.1) is 0 Å². The van der Waals surface area contributed by atoms with Crippen molar-refractivity contribution >= 4 is 35.0 Å². The summed E-state index contributed by atoms with van der Waals surface area (Å²) >= 11 is 7.25. The van der Waals surface area contributed by atoms with Crippen LogP contribution in [0.1, 0.15) is 18.9 Å². The smallest absolute Gasteiger partial charge is 0.234 e. The summed E-state index contributed by atoms with van der Waals surface area (Å²) in [6.45, 7) is 0. The Morgan fingerprint density at radius 3 is 2.73 bits per heavy atom. The van der Waals surface area contributed by atoms with Gasteiger partial charge in [-0.3, -0.25) is 14.3 Å². The van der Waals surface area contributed by atoms with Crippen LogP contribution in [0.4, 0.5) is 5.69 Å². The number of benzene rings is 1. The molecule has 0 radical (unpaired) electrons. The van der Waals surface area contributed by atoms with Crippen molar-refractivity contribution in [2.24, 2.45) is 0 Å². The van der Waals surface area contributed by atoms with Gasteiger partial charge in [-0.15, -0.1) is 10.2 Å². The molecular formula is C18H16ClN5OS. The third-order valence-corrected chi connectivity index (χ3v) is 5.15. The van der Waals surface area contributed by atoms with Crippen molar-refractivity contribution < 1.29 is 4.79 Å². The zero-order valence-corrected chi connectivity index (χ0v) is 15.4. The molecule has 0 bridgehead atoms. The average molecular weight is 386 g/mol. The molecule has 0 spiro atoms. The minimum atomic E-state index is -0.0920. The van der Waals surface area contributed by atoms with E-state index in [1.165, 1.54) is 11.8 Å². The second-order valence-corrected chi connectivity index (χ2v) is 7.37. The molecule has 1 fully saturated rings. The summed E-state index contributed by atoms with van der Waals surface area (Å²) in [5.74, 6) is 0.979. The van der Waals surface area contributed by atoms with E-state index in [-0.39, 0.29) is 11.7 Å². The third kappa shape index (κ3) is 3.89. The van der Waals surface area contributed by atoms with E-state index in [1.54, 1.807) is 36.7 Å². The summed E-state index contributed by atoms with van der Waals surface area (Å²) in [7, 11) is 0. The number of nitrogens with zero attached hydrogens (tertiary/aromatic N) is 4. The zero-order valence-electron chi connectivity index (χ0n) is 13.8. The second-order valence-electron chi connectivity index (χ2n) is 5.99. The molecule has 0 saturated heterocycles. The number of rotatable bonds is 6. The molecule has 8 heteroatoms. The van der Waals surface area contributed by atoms with E-state index in [9.17, 15) is 4.79 Å². The first-order chi connectivity index (χ1) is 12.7. The number of halogens is 1. The van der Waals surface area contributed by atoms with Crippen molar-refractivity contribution in [3.8, 4) is 11.4 Å². The fourth-order valence-corrected chi connectivity index (χ4v) is 3.52. The van der Waals surface area contributed by atoms with E-state index >= 15 is 0 Å². The Hall–Kier alpha value is -2.38. The average Bonchev–Trinajstić information content (AvgIpc) is 3.41. The van der Waals surface area contributed by atoms with Crippen molar-refractivity contribution in [1.82, 2.24) is 19.7 Å². The zero-order chi connectivity index (χ0) is 17.9. The van der Waals surface area contributed by atoms with Crippen LogP contribution >= 0.6 is 23.4 Å². The van der Waals surface area contributed by atoms with Crippen molar-refractivity contribution in [2.75, 3.05) is 11.1 Å². The number of hydrogen-bond acceptors (Lipinski definition) is 5. The fraction of sp³-hybridized carbons (Fsp3) is 0.222. The number of aromatic nitrogens is 4. The van der Waals surface area contributed by atoms with Crippen LogP contribution in [0.15, 0.2) is 53.9 Å². The summed E-state index contributed by atoms with van der Waals surface area (Å²) in [5, 5.41) is 12.9. The number of hydrogen-bond donors (Lipinski definition) is 1. The number of carbonyl (C=O) groups is 1. The number of carbonyl (C=O) groups excluding carboxylic acids is 1. The van der Waals surface area contributed by atoms with Crippen LogP contribution in [-0.2, 0) is 4.79 Å². The lowest BCUT2D eigenvalue weighted by molar-refractivity contribution is -0.113. The molecule has 2 heterocycles. The monoisotopic (exact) mass is 385 g/mol. The van der Waals surface area contributed by atoms with Gasteiger partial charge in [-0.1, -0.05) is 23.4 Å². The molecule has 1 aromatic carbocycles. The van der Waals surface area contributed by atoms with Crippen LogP contribution in [-0.4, -0.2) is 31.4 Å². The Morgan fingerprint density at radius 1 is 1.23 bits per heavy atom. The molecular weight excluding hydrogens is 370 g/mol. The van der Waals surface area contributed by atoms with Crippen LogP contribution < -0.4 is 5.32 Å². The molecule has 1 N–H and O–H groups in total. The molecule has 1 aliphatic rings. The van der Waals surface area contributed by atoms with E-state index in [2.05, 4.69) is 25.1 Å². The van der Waals surface area contributed by atoms with Gasteiger partial charge in [-0.2, -0.15) is 0 Å². The Bertz CT molecular complexity index is 909. The van der Waals surface area contributed by atoms with Crippen molar-refractivity contribution in [3.63, 3.8) is 0 Å². The predicted octanol–water partition coefficient (Wildman–Crippen LogP) is 4.06. The number of pyridine rings is 1. The van der Waals surface area contributed by atoms with Crippen LogP contribution in [0.3, 0.4) is 0 Å². The highest BCUT2D eigenvalue weighted by Crippen LogP contribution is 2.40. The quantitative estimate of drug-likeness (QED) is 0.648. The van der Waals surface area contributed by atoms with E-state index in [4.69, 9.17) is 11.6 Å². The molecule has 3 aromatic rings. The molecule has 1 aliphatic carbocycles.